The fourth-order valence-electron chi connectivity index (χ4n) is 3.38. The largest absolute Gasteiger partial charge is 0.378 e. The van der Waals surface area contributed by atoms with Gasteiger partial charge in [0.05, 0.1) is 18.6 Å². The molecule has 0 unspecified atom stereocenters. The molecule has 1 saturated heterocycles. The van der Waals surface area contributed by atoms with Crippen molar-refractivity contribution in [3.63, 3.8) is 0 Å². The van der Waals surface area contributed by atoms with Gasteiger partial charge in [0.2, 0.25) is 0 Å². The van der Waals surface area contributed by atoms with Crippen LogP contribution in [0.4, 0.5) is 5.82 Å². The molecule has 4 aromatic rings. The standard InChI is InChI=1S/C21H18N4OS/c1-2-5-15(6-3-1)17-14-27-21-18(17)20(25-9-11-26-12-10-25)23-19(24-21)16-7-4-8-22-13-16/h1-8,13-14H,9-12H2. The number of nitrogens with zero attached hydrogens (tertiary/aromatic N) is 4. The van der Waals surface area contributed by atoms with Crippen molar-refractivity contribution >= 4 is 27.4 Å². The van der Waals surface area contributed by atoms with Gasteiger partial charge in [-0.25, -0.2) is 9.97 Å². The van der Waals surface area contributed by atoms with Gasteiger partial charge in [0.25, 0.3) is 0 Å². The summed E-state index contributed by atoms with van der Waals surface area (Å²) < 4.78 is 5.55. The van der Waals surface area contributed by atoms with Crippen molar-refractivity contribution in [1.29, 1.82) is 0 Å². The normalized spacial score (nSPS) is 14.6. The van der Waals surface area contributed by atoms with Crippen LogP contribution >= 0.6 is 11.3 Å². The maximum absolute atomic E-state index is 5.55. The van der Waals surface area contributed by atoms with E-state index in [1.165, 1.54) is 11.1 Å². The third kappa shape index (κ3) is 3.07. The van der Waals surface area contributed by atoms with E-state index in [4.69, 9.17) is 14.7 Å². The molecule has 27 heavy (non-hydrogen) atoms. The van der Waals surface area contributed by atoms with E-state index in [-0.39, 0.29) is 0 Å². The van der Waals surface area contributed by atoms with Gasteiger partial charge >= 0.3 is 0 Å². The number of benzene rings is 1. The van der Waals surface area contributed by atoms with Gasteiger partial charge in [-0.3, -0.25) is 4.98 Å². The molecule has 0 aliphatic carbocycles. The maximum atomic E-state index is 5.55. The van der Waals surface area contributed by atoms with E-state index in [1.54, 1.807) is 17.5 Å². The van der Waals surface area contributed by atoms with Crippen molar-refractivity contribution < 1.29 is 4.74 Å². The molecule has 6 heteroatoms. The Balaban J connectivity index is 1.74. The van der Waals surface area contributed by atoms with Crippen LogP contribution in [0.15, 0.2) is 60.2 Å². The predicted octanol–water partition coefficient (Wildman–Crippen LogP) is 4.26. The van der Waals surface area contributed by atoms with Gasteiger partial charge in [-0.1, -0.05) is 30.3 Å². The van der Waals surface area contributed by atoms with Gasteiger partial charge in [0.15, 0.2) is 5.82 Å². The number of pyridine rings is 1. The Bertz CT molecular complexity index is 1060. The lowest BCUT2D eigenvalue weighted by Crippen LogP contribution is -2.37. The lowest BCUT2D eigenvalue weighted by atomic mass is 10.1. The molecule has 0 N–H and O–H groups in total. The molecular formula is C21H18N4OS. The third-order valence-corrected chi connectivity index (χ3v) is 5.60. The zero-order chi connectivity index (χ0) is 18.1. The number of aromatic nitrogens is 3. The first-order valence-electron chi connectivity index (χ1n) is 8.98. The number of rotatable bonds is 3. The lowest BCUT2D eigenvalue weighted by Gasteiger charge is -2.29. The van der Waals surface area contributed by atoms with Gasteiger partial charge in [0, 0.05) is 42.0 Å². The van der Waals surface area contributed by atoms with Crippen molar-refractivity contribution in [2.75, 3.05) is 31.2 Å². The molecule has 0 saturated carbocycles. The zero-order valence-electron chi connectivity index (χ0n) is 14.7. The number of hydrogen-bond donors (Lipinski definition) is 0. The molecule has 0 amide bonds. The Labute approximate surface area is 161 Å². The fraction of sp³-hybridized carbons (Fsp3) is 0.190. The molecule has 0 atom stereocenters. The Kier molecular flexibility index (Phi) is 4.27. The summed E-state index contributed by atoms with van der Waals surface area (Å²) >= 11 is 1.67. The summed E-state index contributed by atoms with van der Waals surface area (Å²) in [6.45, 7) is 3.11. The van der Waals surface area contributed by atoms with E-state index in [0.29, 0.717) is 0 Å². The highest BCUT2D eigenvalue weighted by atomic mass is 32.1. The molecule has 4 heterocycles. The molecular weight excluding hydrogens is 356 g/mol. The van der Waals surface area contributed by atoms with Crippen LogP contribution in [0.2, 0.25) is 0 Å². The first-order chi connectivity index (χ1) is 13.4. The highest BCUT2D eigenvalue weighted by molar-refractivity contribution is 7.17. The summed E-state index contributed by atoms with van der Waals surface area (Å²) in [6.07, 6.45) is 3.58. The first-order valence-corrected chi connectivity index (χ1v) is 9.86. The quantitative estimate of drug-likeness (QED) is 0.536. The highest BCUT2D eigenvalue weighted by Gasteiger charge is 2.22. The Hall–Kier alpha value is -2.83. The van der Waals surface area contributed by atoms with E-state index >= 15 is 0 Å². The SMILES string of the molecule is c1ccc(-c2csc3nc(-c4cccnc4)nc(N4CCOCC4)c23)cc1. The summed E-state index contributed by atoms with van der Waals surface area (Å²) in [6, 6.07) is 14.4. The van der Waals surface area contributed by atoms with Crippen molar-refractivity contribution in [1.82, 2.24) is 15.0 Å². The van der Waals surface area contributed by atoms with E-state index in [9.17, 15) is 0 Å². The molecule has 0 bridgehead atoms. The molecule has 5 nitrogen and oxygen atoms in total. The van der Waals surface area contributed by atoms with E-state index in [1.807, 2.05) is 24.4 Å². The average Bonchev–Trinajstić information content (AvgIpc) is 3.19. The zero-order valence-corrected chi connectivity index (χ0v) is 15.5. The van der Waals surface area contributed by atoms with Crippen LogP contribution < -0.4 is 4.90 Å². The van der Waals surface area contributed by atoms with Crippen molar-refractivity contribution in [2.24, 2.45) is 0 Å². The molecule has 3 aromatic heterocycles. The van der Waals surface area contributed by atoms with Crippen LogP contribution in [0.1, 0.15) is 0 Å². The summed E-state index contributed by atoms with van der Waals surface area (Å²) in [5.74, 6) is 1.71. The Morgan fingerprint density at radius 2 is 1.74 bits per heavy atom. The average molecular weight is 374 g/mol. The molecule has 134 valence electrons. The topological polar surface area (TPSA) is 51.1 Å². The van der Waals surface area contributed by atoms with Crippen LogP contribution in [0.5, 0.6) is 0 Å². The van der Waals surface area contributed by atoms with E-state index < -0.39 is 0 Å². The molecule has 1 aromatic carbocycles. The van der Waals surface area contributed by atoms with Crippen LogP contribution in [-0.2, 0) is 4.74 Å². The lowest BCUT2D eigenvalue weighted by molar-refractivity contribution is 0.122. The minimum absolute atomic E-state index is 0.721. The molecule has 0 spiro atoms. The summed E-state index contributed by atoms with van der Waals surface area (Å²) in [5, 5.41) is 3.31. The number of morpholine rings is 1. The van der Waals surface area contributed by atoms with Gasteiger partial charge < -0.3 is 9.64 Å². The summed E-state index contributed by atoms with van der Waals surface area (Å²) in [5.41, 5.74) is 3.31. The van der Waals surface area contributed by atoms with Crippen LogP contribution in [0.25, 0.3) is 32.7 Å². The minimum Gasteiger partial charge on any atom is -0.378 e. The second kappa shape index (κ2) is 7.06. The van der Waals surface area contributed by atoms with Crippen LogP contribution in [-0.4, -0.2) is 41.3 Å². The second-order valence-corrected chi connectivity index (χ2v) is 7.27. The second-order valence-electron chi connectivity index (χ2n) is 6.41. The number of anilines is 1. The molecule has 5 rings (SSSR count). The monoisotopic (exact) mass is 374 g/mol. The third-order valence-electron chi connectivity index (χ3n) is 4.73. The van der Waals surface area contributed by atoms with E-state index in [2.05, 4.69) is 39.5 Å². The number of ether oxygens (including phenoxy) is 1. The van der Waals surface area contributed by atoms with Gasteiger partial charge in [-0.05, 0) is 17.7 Å². The van der Waals surface area contributed by atoms with Crippen LogP contribution in [0.3, 0.4) is 0 Å². The summed E-state index contributed by atoms with van der Waals surface area (Å²) in [7, 11) is 0. The maximum Gasteiger partial charge on any atom is 0.164 e. The molecule has 0 radical (unpaired) electrons. The van der Waals surface area contributed by atoms with Crippen LogP contribution in [0, 0.1) is 0 Å². The fourth-order valence-corrected chi connectivity index (χ4v) is 4.32. The number of thiophene rings is 1. The van der Waals surface area contributed by atoms with E-state index in [0.717, 1.165) is 53.7 Å². The predicted molar refractivity (Wildman–Crippen MR) is 109 cm³/mol. The summed E-state index contributed by atoms with van der Waals surface area (Å²) in [4.78, 5) is 17.4. The number of fused-ring (bicyclic) bond motifs is 1. The molecule has 1 fully saturated rings. The molecule has 1 aliphatic heterocycles. The Morgan fingerprint density at radius 1 is 0.926 bits per heavy atom. The van der Waals surface area contributed by atoms with Gasteiger partial charge in [-0.15, -0.1) is 11.3 Å². The van der Waals surface area contributed by atoms with Gasteiger partial charge in [-0.2, -0.15) is 0 Å². The van der Waals surface area contributed by atoms with Crippen molar-refractivity contribution in [3.05, 3.63) is 60.2 Å². The van der Waals surface area contributed by atoms with Crippen molar-refractivity contribution in [2.45, 2.75) is 0 Å². The minimum atomic E-state index is 0.721. The highest BCUT2D eigenvalue weighted by Crippen LogP contribution is 2.39. The molecule has 1 aliphatic rings. The van der Waals surface area contributed by atoms with Gasteiger partial charge in [0.1, 0.15) is 10.6 Å². The first kappa shape index (κ1) is 16.4. The Morgan fingerprint density at radius 3 is 2.52 bits per heavy atom. The number of hydrogen-bond acceptors (Lipinski definition) is 6. The smallest absolute Gasteiger partial charge is 0.164 e. The van der Waals surface area contributed by atoms with Crippen molar-refractivity contribution in [3.8, 4) is 22.5 Å².